The van der Waals surface area contributed by atoms with Crippen molar-refractivity contribution in [1.82, 2.24) is 5.43 Å². The van der Waals surface area contributed by atoms with E-state index in [-0.39, 0.29) is 11.5 Å². The Morgan fingerprint density at radius 3 is 2.27 bits per heavy atom. The second-order valence-electron chi connectivity index (χ2n) is 6.41. The number of rotatable bonds is 6. The molecule has 3 rings (SSSR count). The highest BCUT2D eigenvalue weighted by atomic mass is 16.6. The predicted molar refractivity (Wildman–Crippen MR) is 112 cm³/mol. The minimum Gasteiger partial charge on any atom is -0.508 e. The van der Waals surface area contributed by atoms with Crippen molar-refractivity contribution in [2.75, 3.05) is 7.11 Å². The molecule has 0 spiro atoms. The standard InChI is InChI=1S/C23H20N2O5/c1-15-3-6-18(7-4-15)23(28)30-20-12-5-16(13-21(20)29-2)14-24-25-22(27)17-8-10-19(26)11-9-17/h3-14,26H,1-2H3,(H,25,27). The van der Waals surface area contributed by atoms with Gasteiger partial charge in [-0.3, -0.25) is 4.79 Å². The zero-order valence-corrected chi connectivity index (χ0v) is 16.5. The lowest BCUT2D eigenvalue weighted by atomic mass is 10.1. The Kier molecular flexibility index (Phi) is 6.44. The SMILES string of the molecule is COc1cc(C=NNC(=O)c2ccc(O)cc2)ccc1OC(=O)c1ccc(C)cc1. The summed E-state index contributed by atoms with van der Waals surface area (Å²) in [4.78, 5) is 24.3. The Hall–Kier alpha value is -4.13. The fourth-order valence-electron chi connectivity index (χ4n) is 2.54. The molecule has 0 aliphatic carbocycles. The molecule has 7 nitrogen and oxygen atoms in total. The molecule has 2 N–H and O–H groups in total. The summed E-state index contributed by atoms with van der Waals surface area (Å²) < 4.78 is 10.7. The first kappa shape index (κ1) is 20.6. The van der Waals surface area contributed by atoms with Crippen molar-refractivity contribution in [3.8, 4) is 17.2 Å². The highest BCUT2D eigenvalue weighted by Gasteiger charge is 2.12. The molecule has 0 aliphatic rings. The van der Waals surface area contributed by atoms with Gasteiger partial charge in [0.15, 0.2) is 11.5 Å². The Labute approximate surface area is 173 Å². The number of nitrogens with zero attached hydrogens (tertiary/aromatic N) is 1. The van der Waals surface area contributed by atoms with Crippen LogP contribution in [0.4, 0.5) is 0 Å². The van der Waals surface area contributed by atoms with Gasteiger partial charge in [-0.2, -0.15) is 5.10 Å². The Balaban J connectivity index is 1.66. The molecule has 0 radical (unpaired) electrons. The summed E-state index contributed by atoms with van der Waals surface area (Å²) in [7, 11) is 1.46. The van der Waals surface area contributed by atoms with E-state index in [9.17, 15) is 14.7 Å². The second kappa shape index (κ2) is 9.38. The maximum Gasteiger partial charge on any atom is 0.343 e. The third-order valence-electron chi connectivity index (χ3n) is 4.19. The van der Waals surface area contributed by atoms with E-state index in [1.807, 2.05) is 19.1 Å². The van der Waals surface area contributed by atoms with Crippen LogP contribution in [0.5, 0.6) is 17.2 Å². The van der Waals surface area contributed by atoms with Gasteiger partial charge in [-0.05, 0) is 67.1 Å². The van der Waals surface area contributed by atoms with Crippen molar-refractivity contribution in [1.29, 1.82) is 0 Å². The summed E-state index contributed by atoms with van der Waals surface area (Å²) in [6, 6.07) is 17.8. The van der Waals surface area contributed by atoms with E-state index in [4.69, 9.17) is 9.47 Å². The molecule has 0 saturated carbocycles. The molecular formula is C23H20N2O5. The molecule has 3 aromatic carbocycles. The number of aromatic hydroxyl groups is 1. The number of hydrogen-bond acceptors (Lipinski definition) is 6. The zero-order valence-electron chi connectivity index (χ0n) is 16.5. The molecule has 0 fully saturated rings. The number of methoxy groups -OCH3 is 1. The van der Waals surface area contributed by atoms with E-state index in [0.29, 0.717) is 22.4 Å². The highest BCUT2D eigenvalue weighted by Crippen LogP contribution is 2.28. The fourth-order valence-corrected chi connectivity index (χ4v) is 2.54. The number of carbonyl (C=O) groups excluding carboxylic acids is 2. The number of amides is 1. The second-order valence-corrected chi connectivity index (χ2v) is 6.41. The molecule has 0 heterocycles. The summed E-state index contributed by atoms with van der Waals surface area (Å²) in [5.41, 5.74) is 4.88. The van der Waals surface area contributed by atoms with Crippen LogP contribution in [-0.4, -0.2) is 30.3 Å². The maximum atomic E-state index is 12.3. The van der Waals surface area contributed by atoms with Gasteiger partial charge in [0, 0.05) is 5.56 Å². The van der Waals surface area contributed by atoms with Gasteiger partial charge in [-0.25, -0.2) is 10.2 Å². The van der Waals surface area contributed by atoms with Crippen molar-refractivity contribution < 1.29 is 24.2 Å². The van der Waals surface area contributed by atoms with Gasteiger partial charge in [0.05, 0.1) is 18.9 Å². The lowest BCUT2D eigenvalue weighted by Crippen LogP contribution is -2.17. The Morgan fingerprint density at radius 1 is 0.933 bits per heavy atom. The van der Waals surface area contributed by atoms with Crippen LogP contribution in [0.25, 0.3) is 0 Å². The van der Waals surface area contributed by atoms with Gasteiger partial charge >= 0.3 is 5.97 Å². The van der Waals surface area contributed by atoms with Crippen LogP contribution in [-0.2, 0) is 0 Å². The summed E-state index contributed by atoms with van der Waals surface area (Å²) in [6.45, 7) is 1.94. The molecule has 0 bridgehead atoms. The van der Waals surface area contributed by atoms with Gasteiger partial charge < -0.3 is 14.6 Å². The number of phenolic OH excluding ortho intramolecular Hbond substituents is 1. The molecule has 0 saturated heterocycles. The Bertz CT molecular complexity index is 1070. The molecule has 152 valence electrons. The van der Waals surface area contributed by atoms with Crippen molar-refractivity contribution in [3.05, 3.63) is 89.0 Å². The van der Waals surface area contributed by atoms with Gasteiger partial charge in [-0.15, -0.1) is 0 Å². The lowest BCUT2D eigenvalue weighted by molar-refractivity contribution is 0.0729. The Morgan fingerprint density at radius 2 is 1.60 bits per heavy atom. The minimum atomic E-state index is -0.490. The van der Waals surface area contributed by atoms with Crippen LogP contribution in [0.15, 0.2) is 71.8 Å². The monoisotopic (exact) mass is 404 g/mol. The van der Waals surface area contributed by atoms with E-state index in [0.717, 1.165) is 5.56 Å². The third-order valence-corrected chi connectivity index (χ3v) is 4.19. The average Bonchev–Trinajstić information content (AvgIpc) is 2.75. The topological polar surface area (TPSA) is 97.2 Å². The van der Waals surface area contributed by atoms with Crippen molar-refractivity contribution in [2.45, 2.75) is 6.92 Å². The number of hydrogen-bond donors (Lipinski definition) is 2. The summed E-state index contributed by atoms with van der Waals surface area (Å²) in [6.07, 6.45) is 1.44. The first-order valence-electron chi connectivity index (χ1n) is 9.05. The molecule has 3 aromatic rings. The van der Waals surface area contributed by atoms with Gasteiger partial charge in [0.25, 0.3) is 5.91 Å². The first-order chi connectivity index (χ1) is 14.5. The molecule has 7 heteroatoms. The molecule has 0 aliphatic heterocycles. The normalized spacial score (nSPS) is 10.6. The minimum absolute atomic E-state index is 0.0744. The largest absolute Gasteiger partial charge is 0.508 e. The molecule has 0 aromatic heterocycles. The van der Waals surface area contributed by atoms with Crippen molar-refractivity contribution >= 4 is 18.1 Å². The van der Waals surface area contributed by atoms with Crippen LogP contribution in [0.1, 0.15) is 31.8 Å². The van der Waals surface area contributed by atoms with Crippen LogP contribution in [0.3, 0.4) is 0 Å². The molecule has 0 atom stereocenters. The number of aryl methyl sites for hydroxylation is 1. The molecule has 1 amide bonds. The number of phenols is 1. The number of nitrogens with one attached hydrogen (secondary N) is 1. The van der Waals surface area contributed by atoms with Crippen molar-refractivity contribution in [2.24, 2.45) is 5.10 Å². The van der Waals surface area contributed by atoms with Crippen molar-refractivity contribution in [3.63, 3.8) is 0 Å². The van der Waals surface area contributed by atoms with E-state index in [1.54, 1.807) is 30.3 Å². The van der Waals surface area contributed by atoms with E-state index < -0.39 is 11.9 Å². The van der Waals surface area contributed by atoms with Gasteiger partial charge in [-0.1, -0.05) is 17.7 Å². The van der Waals surface area contributed by atoms with Crippen LogP contribution in [0, 0.1) is 6.92 Å². The molecular weight excluding hydrogens is 384 g/mol. The maximum absolute atomic E-state index is 12.3. The lowest BCUT2D eigenvalue weighted by Gasteiger charge is -2.10. The predicted octanol–water partition coefficient (Wildman–Crippen LogP) is 3.69. The third kappa shape index (κ3) is 5.23. The van der Waals surface area contributed by atoms with Crippen LogP contribution in [0.2, 0.25) is 0 Å². The first-order valence-corrected chi connectivity index (χ1v) is 9.05. The quantitative estimate of drug-likeness (QED) is 0.283. The number of benzene rings is 3. The smallest absolute Gasteiger partial charge is 0.343 e. The van der Waals surface area contributed by atoms with Gasteiger partial charge in [0.1, 0.15) is 5.75 Å². The van der Waals surface area contributed by atoms with Crippen LogP contribution < -0.4 is 14.9 Å². The number of esters is 1. The number of carbonyl (C=O) groups is 2. The summed E-state index contributed by atoms with van der Waals surface area (Å²) in [5.74, 6) is -0.208. The molecule has 0 unspecified atom stereocenters. The fraction of sp³-hybridized carbons (Fsp3) is 0.0870. The summed E-state index contributed by atoms with van der Waals surface area (Å²) >= 11 is 0. The molecule has 30 heavy (non-hydrogen) atoms. The highest BCUT2D eigenvalue weighted by molar-refractivity contribution is 5.95. The van der Waals surface area contributed by atoms with E-state index in [1.165, 1.54) is 37.6 Å². The van der Waals surface area contributed by atoms with E-state index in [2.05, 4.69) is 10.5 Å². The van der Waals surface area contributed by atoms with Crippen LogP contribution >= 0.6 is 0 Å². The number of ether oxygens (including phenoxy) is 2. The summed E-state index contributed by atoms with van der Waals surface area (Å²) in [5, 5.41) is 13.2. The average molecular weight is 404 g/mol. The zero-order chi connectivity index (χ0) is 21.5. The number of hydrazone groups is 1. The van der Waals surface area contributed by atoms with Gasteiger partial charge in [0.2, 0.25) is 0 Å². The van der Waals surface area contributed by atoms with E-state index >= 15 is 0 Å².